The summed E-state index contributed by atoms with van der Waals surface area (Å²) in [6.45, 7) is 3.92. The zero-order chi connectivity index (χ0) is 22.9. The van der Waals surface area contributed by atoms with Gasteiger partial charge >= 0.3 is 0 Å². The SMILES string of the molecule is Cc1ccc(NC(=O)CC2N=C(c3ccc(Cl)cc3)c3ccccc3-c3c(C)noc32)cc1. The smallest absolute Gasteiger partial charge is 0.227 e. The number of nitrogens with one attached hydrogen (secondary N) is 1. The molecule has 1 unspecified atom stereocenters. The molecule has 0 saturated heterocycles. The van der Waals surface area contributed by atoms with Gasteiger partial charge in [-0.3, -0.25) is 9.79 Å². The van der Waals surface area contributed by atoms with Gasteiger partial charge in [-0.05, 0) is 43.7 Å². The molecule has 1 aromatic heterocycles. The van der Waals surface area contributed by atoms with Crippen LogP contribution in [0.1, 0.15) is 40.6 Å². The molecule has 0 radical (unpaired) electrons. The maximum Gasteiger partial charge on any atom is 0.227 e. The summed E-state index contributed by atoms with van der Waals surface area (Å²) in [7, 11) is 0. The van der Waals surface area contributed by atoms with Gasteiger partial charge in [-0.25, -0.2) is 0 Å². The molecule has 0 spiro atoms. The summed E-state index contributed by atoms with van der Waals surface area (Å²) in [6.07, 6.45) is 0.126. The highest BCUT2D eigenvalue weighted by Gasteiger charge is 2.31. The molecule has 4 aromatic rings. The molecular weight excluding hydrogens is 434 g/mol. The highest BCUT2D eigenvalue weighted by Crippen LogP contribution is 2.40. The summed E-state index contributed by atoms with van der Waals surface area (Å²) in [5, 5.41) is 7.83. The van der Waals surface area contributed by atoms with Crippen molar-refractivity contribution in [3.05, 3.63) is 106 Å². The first-order valence-corrected chi connectivity index (χ1v) is 11.1. The number of aryl methyl sites for hydroxylation is 2. The van der Waals surface area contributed by atoms with Gasteiger partial charge in [0.05, 0.1) is 23.4 Å². The van der Waals surface area contributed by atoms with E-state index < -0.39 is 6.04 Å². The molecule has 1 aliphatic rings. The minimum Gasteiger partial charge on any atom is -0.358 e. The molecule has 1 N–H and O–H groups in total. The van der Waals surface area contributed by atoms with E-state index in [0.717, 1.165) is 44.9 Å². The van der Waals surface area contributed by atoms with Crippen molar-refractivity contribution in [2.24, 2.45) is 4.99 Å². The van der Waals surface area contributed by atoms with Crippen LogP contribution in [0.25, 0.3) is 11.1 Å². The van der Waals surface area contributed by atoms with Gasteiger partial charge in [0.2, 0.25) is 5.91 Å². The number of aliphatic imine (C=N–C) groups is 1. The predicted molar refractivity (Wildman–Crippen MR) is 131 cm³/mol. The van der Waals surface area contributed by atoms with E-state index in [1.807, 2.05) is 86.6 Å². The zero-order valence-electron chi connectivity index (χ0n) is 18.3. The second kappa shape index (κ2) is 8.68. The van der Waals surface area contributed by atoms with Crippen LogP contribution >= 0.6 is 11.6 Å². The largest absolute Gasteiger partial charge is 0.358 e. The molecule has 1 amide bonds. The van der Waals surface area contributed by atoms with Crippen LogP contribution in [-0.2, 0) is 4.79 Å². The third-order valence-electron chi connectivity index (χ3n) is 5.76. The average molecular weight is 456 g/mol. The minimum atomic E-state index is -0.523. The van der Waals surface area contributed by atoms with Crippen molar-refractivity contribution in [1.82, 2.24) is 5.16 Å². The summed E-state index contributed by atoms with van der Waals surface area (Å²) in [4.78, 5) is 18.0. The quantitative estimate of drug-likeness (QED) is 0.380. The number of rotatable bonds is 4. The monoisotopic (exact) mass is 455 g/mol. The van der Waals surface area contributed by atoms with Crippen LogP contribution in [0.15, 0.2) is 82.3 Å². The Morgan fingerprint density at radius 3 is 2.39 bits per heavy atom. The van der Waals surface area contributed by atoms with E-state index in [2.05, 4.69) is 10.5 Å². The van der Waals surface area contributed by atoms with E-state index in [4.69, 9.17) is 21.1 Å². The lowest BCUT2D eigenvalue weighted by Crippen LogP contribution is -2.15. The average Bonchev–Trinajstić information content (AvgIpc) is 3.13. The maximum atomic E-state index is 13.0. The topological polar surface area (TPSA) is 67.5 Å². The number of aromatic nitrogens is 1. The molecule has 5 nitrogen and oxygen atoms in total. The van der Waals surface area contributed by atoms with E-state index in [9.17, 15) is 4.79 Å². The molecule has 2 heterocycles. The Balaban J connectivity index is 1.58. The normalized spacial score (nSPS) is 14.6. The van der Waals surface area contributed by atoms with Crippen LogP contribution in [0.5, 0.6) is 0 Å². The number of anilines is 1. The van der Waals surface area contributed by atoms with Gasteiger partial charge in [-0.2, -0.15) is 0 Å². The summed E-state index contributed by atoms with van der Waals surface area (Å²) < 4.78 is 5.75. The van der Waals surface area contributed by atoms with Gasteiger partial charge < -0.3 is 9.84 Å². The lowest BCUT2D eigenvalue weighted by Gasteiger charge is -2.13. The van der Waals surface area contributed by atoms with Gasteiger partial charge in [0.15, 0.2) is 5.76 Å². The summed E-state index contributed by atoms with van der Waals surface area (Å²) >= 11 is 6.13. The van der Waals surface area contributed by atoms with Crippen LogP contribution in [0.2, 0.25) is 5.02 Å². The Morgan fingerprint density at radius 2 is 1.67 bits per heavy atom. The van der Waals surface area contributed by atoms with Crippen LogP contribution in [0.4, 0.5) is 5.69 Å². The van der Waals surface area contributed by atoms with Crippen molar-refractivity contribution in [1.29, 1.82) is 0 Å². The maximum absolute atomic E-state index is 13.0. The molecule has 1 atom stereocenters. The molecule has 5 rings (SSSR count). The van der Waals surface area contributed by atoms with Crippen LogP contribution in [0, 0.1) is 13.8 Å². The van der Waals surface area contributed by atoms with Crippen molar-refractivity contribution in [3.8, 4) is 11.1 Å². The number of carbonyl (C=O) groups excluding carboxylic acids is 1. The van der Waals surface area contributed by atoms with Gasteiger partial charge in [0.25, 0.3) is 0 Å². The van der Waals surface area contributed by atoms with Gasteiger partial charge in [0, 0.05) is 21.8 Å². The molecule has 1 aliphatic heterocycles. The number of carbonyl (C=O) groups is 1. The van der Waals surface area contributed by atoms with E-state index >= 15 is 0 Å². The van der Waals surface area contributed by atoms with Crippen LogP contribution < -0.4 is 5.32 Å². The highest BCUT2D eigenvalue weighted by molar-refractivity contribution is 6.30. The second-order valence-corrected chi connectivity index (χ2v) is 8.61. The molecule has 6 heteroatoms. The van der Waals surface area contributed by atoms with Gasteiger partial charge in [-0.1, -0.05) is 70.9 Å². The molecule has 0 saturated carbocycles. The Kier molecular flexibility index (Phi) is 5.56. The molecular formula is C27H22ClN3O2. The summed E-state index contributed by atoms with van der Waals surface area (Å²) in [5.41, 5.74) is 7.22. The van der Waals surface area contributed by atoms with E-state index in [-0.39, 0.29) is 12.3 Å². The number of fused-ring (bicyclic) bond motifs is 3. The molecule has 33 heavy (non-hydrogen) atoms. The fraction of sp³-hybridized carbons (Fsp3) is 0.148. The van der Waals surface area contributed by atoms with Gasteiger partial charge in [-0.15, -0.1) is 0 Å². The van der Waals surface area contributed by atoms with Crippen molar-refractivity contribution in [2.75, 3.05) is 5.32 Å². The fourth-order valence-corrected chi connectivity index (χ4v) is 4.26. The Labute approximate surface area is 197 Å². The van der Waals surface area contributed by atoms with E-state index in [1.165, 1.54) is 0 Å². The predicted octanol–water partition coefficient (Wildman–Crippen LogP) is 6.53. The van der Waals surface area contributed by atoms with Crippen molar-refractivity contribution >= 4 is 28.9 Å². The van der Waals surface area contributed by atoms with Crippen LogP contribution in [-0.4, -0.2) is 16.8 Å². The third-order valence-corrected chi connectivity index (χ3v) is 6.01. The van der Waals surface area contributed by atoms with Crippen LogP contribution in [0.3, 0.4) is 0 Å². The lowest BCUT2D eigenvalue weighted by molar-refractivity contribution is -0.116. The number of nitrogens with zero attached hydrogens (tertiary/aromatic N) is 2. The number of benzene rings is 3. The van der Waals surface area contributed by atoms with Gasteiger partial charge in [0.1, 0.15) is 6.04 Å². The molecule has 3 aromatic carbocycles. The zero-order valence-corrected chi connectivity index (χ0v) is 19.1. The molecule has 0 fully saturated rings. The second-order valence-electron chi connectivity index (χ2n) is 8.17. The number of hydrogen-bond donors (Lipinski definition) is 1. The number of halogens is 1. The van der Waals surface area contributed by atoms with Crippen molar-refractivity contribution < 1.29 is 9.32 Å². The fourth-order valence-electron chi connectivity index (χ4n) is 4.13. The molecule has 0 bridgehead atoms. The number of hydrogen-bond acceptors (Lipinski definition) is 4. The Hall–Kier alpha value is -3.70. The van der Waals surface area contributed by atoms with Crippen molar-refractivity contribution in [2.45, 2.75) is 26.3 Å². The standard InChI is InChI=1S/C27H22ClN3O2/c1-16-7-13-20(14-8-16)29-24(32)15-23-27-25(17(2)31-33-27)21-5-3-4-6-22(21)26(30-23)18-9-11-19(28)12-10-18/h3-14,23H,15H2,1-2H3,(H,29,32). The first kappa shape index (κ1) is 21.2. The van der Waals surface area contributed by atoms with E-state index in [0.29, 0.717) is 10.8 Å². The minimum absolute atomic E-state index is 0.126. The lowest BCUT2D eigenvalue weighted by atomic mass is 9.93. The summed E-state index contributed by atoms with van der Waals surface area (Å²) in [6, 6.07) is 22.8. The Bertz CT molecular complexity index is 1360. The first-order chi connectivity index (χ1) is 16.0. The first-order valence-electron chi connectivity index (χ1n) is 10.8. The highest BCUT2D eigenvalue weighted by atomic mass is 35.5. The third kappa shape index (κ3) is 4.20. The van der Waals surface area contributed by atoms with Crippen molar-refractivity contribution in [3.63, 3.8) is 0 Å². The number of amides is 1. The van der Waals surface area contributed by atoms with E-state index in [1.54, 1.807) is 0 Å². The molecule has 164 valence electrons. The Morgan fingerprint density at radius 1 is 0.970 bits per heavy atom. The summed E-state index contributed by atoms with van der Waals surface area (Å²) in [5.74, 6) is 0.456. The molecule has 0 aliphatic carbocycles.